The van der Waals surface area contributed by atoms with Crippen LogP contribution in [0.25, 0.3) is 10.9 Å². The molecule has 0 aliphatic heterocycles. The standard InChI is InChI=1S/C16H21N3O2/c1-20-10-8-13-15(14(9-10)21-2)16(19-17)11-6-4-3-5-7-12(11)18-13/h8-9H,3-7,17H2,1-2H3,(H,18,19). The lowest BCUT2D eigenvalue weighted by Gasteiger charge is -2.17. The zero-order valence-electron chi connectivity index (χ0n) is 12.5. The summed E-state index contributed by atoms with van der Waals surface area (Å²) in [5.74, 6) is 7.29. The molecule has 0 saturated heterocycles. The van der Waals surface area contributed by atoms with Crippen molar-refractivity contribution in [3.63, 3.8) is 0 Å². The molecule has 0 spiro atoms. The number of hydrazine groups is 1. The lowest BCUT2D eigenvalue weighted by Crippen LogP contribution is -2.13. The molecule has 1 heterocycles. The second-order valence-electron chi connectivity index (χ2n) is 5.34. The fraction of sp³-hybridized carbons (Fsp3) is 0.438. The van der Waals surface area contributed by atoms with Crippen LogP contribution >= 0.6 is 0 Å². The number of nitrogens with two attached hydrogens (primary N) is 1. The largest absolute Gasteiger partial charge is 0.497 e. The summed E-state index contributed by atoms with van der Waals surface area (Å²) < 4.78 is 10.9. The molecule has 0 amide bonds. The number of hydrogen-bond donors (Lipinski definition) is 2. The van der Waals surface area contributed by atoms with Crippen molar-refractivity contribution in [1.29, 1.82) is 0 Å². The van der Waals surface area contributed by atoms with Crippen LogP contribution in [0.5, 0.6) is 11.5 Å². The Morgan fingerprint density at radius 1 is 1.10 bits per heavy atom. The van der Waals surface area contributed by atoms with Crippen molar-refractivity contribution < 1.29 is 9.47 Å². The number of ether oxygens (including phenoxy) is 2. The third kappa shape index (κ3) is 2.38. The second-order valence-corrected chi connectivity index (χ2v) is 5.34. The number of rotatable bonds is 3. The van der Waals surface area contributed by atoms with Crippen LogP contribution in [-0.2, 0) is 12.8 Å². The molecule has 3 N–H and O–H groups in total. The van der Waals surface area contributed by atoms with Crippen molar-refractivity contribution in [2.75, 3.05) is 19.6 Å². The van der Waals surface area contributed by atoms with Gasteiger partial charge >= 0.3 is 0 Å². The molecule has 21 heavy (non-hydrogen) atoms. The number of nitrogens with one attached hydrogen (secondary N) is 1. The van der Waals surface area contributed by atoms with Crippen LogP contribution in [0.15, 0.2) is 12.1 Å². The minimum Gasteiger partial charge on any atom is -0.497 e. The van der Waals surface area contributed by atoms with Crippen molar-refractivity contribution in [1.82, 2.24) is 4.98 Å². The fourth-order valence-electron chi connectivity index (χ4n) is 3.11. The van der Waals surface area contributed by atoms with Crippen molar-refractivity contribution >= 4 is 16.6 Å². The Balaban J connectivity index is 2.34. The van der Waals surface area contributed by atoms with E-state index in [1.165, 1.54) is 24.8 Å². The lowest BCUT2D eigenvalue weighted by molar-refractivity contribution is 0.398. The van der Waals surface area contributed by atoms with E-state index in [-0.39, 0.29) is 0 Å². The number of nitrogens with zero attached hydrogens (tertiary/aromatic N) is 1. The summed E-state index contributed by atoms with van der Waals surface area (Å²) in [6.07, 6.45) is 5.59. The van der Waals surface area contributed by atoms with Crippen LogP contribution in [0.4, 0.5) is 5.69 Å². The summed E-state index contributed by atoms with van der Waals surface area (Å²) >= 11 is 0. The maximum Gasteiger partial charge on any atom is 0.134 e. The molecule has 1 aromatic heterocycles. The van der Waals surface area contributed by atoms with Crippen molar-refractivity contribution in [2.45, 2.75) is 32.1 Å². The Morgan fingerprint density at radius 2 is 1.90 bits per heavy atom. The minimum absolute atomic E-state index is 0.733. The first-order valence-electron chi connectivity index (χ1n) is 7.32. The molecule has 0 fully saturated rings. The van der Waals surface area contributed by atoms with E-state index in [1.54, 1.807) is 14.2 Å². The molecule has 0 atom stereocenters. The zero-order valence-corrected chi connectivity index (χ0v) is 12.5. The highest BCUT2D eigenvalue weighted by atomic mass is 16.5. The minimum atomic E-state index is 0.733. The molecule has 0 saturated carbocycles. The number of benzene rings is 1. The van der Waals surface area contributed by atoms with Crippen molar-refractivity contribution in [3.8, 4) is 11.5 Å². The number of aryl methyl sites for hydroxylation is 1. The molecule has 112 valence electrons. The summed E-state index contributed by atoms with van der Waals surface area (Å²) in [6.45, 7) is 0. The van der Waals surface area contributed by atoms with Crippen LogP contribution in [0.3, 0.4) is 0 Å². The molecule has 0 unspecified atom stereocenters. The first-order valence-corrected chi connectivity index (χ1v) is 7.32. The smallest absolute Gasteiger partial charge is 0.134 e. The van der Waals surface area contributed by atoms with E-state index in [9.17, 15) is 0 Å². The Hall–Kier alpha value is -2.01. The Kier molecular flexibility index (Phi) is 3.84. The van der Waals surface area contributed by atoms with Gasteiger partial charge < -0.3 is 14.9 Å². The molecule has 1 aromatic carbocycles. The highest BCUT2D eigenvalue weighted by Crippen LogP contribution is 2.39. The Morgan fingerprint density at radius 3 is 2.62 bits per heavy atom. The van der Waals surface area contributed by atoms with Gasteiger partial charge in [0.25, 0.3) is 0 Å². The second kappa shape index (κ2) is 5.77. The molecular weight excluding hydrogens is 266 g/mol. The van der Waals surface area contributed by atoms with Crippen LogP contribution in [0, 0.1) is 0 Å². The van der Waals surface area contributed by atoms with Gasteiger partial charge in [0, 0.05) is 17.8 Å². The molecule has 0 radical (unpaired) electrons. The van der Waals surface area contributed by atoms with E-state index in [2.05, 4.69) is 5.43 Å². The average molecular weight is 287 g/mol. The Bertz CT molecular complexity index is 670. The van der Waals surface area contributed by atoms with E-state index in [0.717, 1.165) is 46.6 Å². The molecule has 5 nitrogen and oxygen atoms in total. The first-order chi connectivity index (χ1) is 10.3. The molecule has 1 aliphatic rings. The number of fused-ring (bicyclic) bond motifs is 2. The van der Waals surface area contributed by atoms with Gasteiger partial charge in [-0.15, -0.1) is 0 Å². The van der Waals surface area contributed by atoms with Crippen LogP contribution < -0.4 is 20.7 Å². The van der Waals surface area contributed by atoms with Gasteiger partial charge in [0.05, 0.1) is 30.8 Å². The molecule has 0 bridgehead atoms. The maximum atomic E-state index is 5.82. The first kappa shape index (κ1) is 13.9. The van der Waals surface area contributed by atoms with E-state index in [1.807, 2.05) is 12.1 Å². The maximum absolute atomic E-state index is 5.82. The van der Waals surface area contributed by atoms with Crippen molar-refractivity contribution in [2.24, 2.45) is 5.84 Å². The van der Waals surface area contributed by atoms with Gasteiger partial charge in [-0.25, -0.2) is 0 Å². The van der Waals surface area contributed by atoms with E-state index < -0.39 is 0 Å². The summed E-state index contributed by atoms with van der Waals surface area (Å²) in [5, 5.41) is 0.932. The van der Waals surface area contributed by atoms with E-state index >= 15 is 0 Å². The highest BCUT2D eigenvalue weighted by molar-refractivity contribution is 5.99. The van der Waals surface area contributed by atoms with Gasteiger partial charge in [0.2, 0.25) is 0 Å². The summed E-state index contributed by atoms with van der Waals surface area (Å²) in [7, 11) is 3.30. The SMILES string of the molecule is COc1cc(OC)c2c(NN)c3c(nc2c1)CCCCC3. The number of pyridine rings is 1. The van der Waals surface area contributed by atoms with Gasteiger partial charge in [-0.3, -0.25) is 10.8 Å². The fourth-order valence-corrected chi connectivity index (χ4v) is 3.11. The predicted octanol–water partition coefficient (Wildman–Crippen LogP) is 2.81. The van der Waals surface area contributed by atoms with Crippen LogP contribution in [0.1, 0.15) is 30.5 Å². The van der Waals surface area contributed by atoms with E-state index in [4.69, 9.17) is 20.3 Å². The summed E-state index contributed by atoms with van der Waals surface area (Å²) in [5.41, 5.74) is 7.05. The van der Waals surface area contributed by atoms with Gasteiger partial charge in [-0.05, 0) is 31.2 Å². The predicted molar refractivity (Wildman–Crippen MR) is 83.9 cm³/mol. The Labute approximate surface area is 124 Å². The third-order valence-corrected chi connectivity index (χ3v) is 4.15. The van der Waals surface area contributed by atoms with Gasteiger partial charge in [0.15, 0.2) is 0 Å². The molecular formula is C16H21N3O2. The van der Waals surface area contributed by atoms with Gasteiger partial charge in [-0.1, -0.05) is 6.42 Å². The quantitative estimate of drug-likeness (QED) is 0.516. The van der Waals surface area contributed by atoms with Gasteiger partial charge in [-0.2, -0.15) is 0 Å². The van der Waals surface area contributed by atoms with Crippen LogP contribution in [0.2, 0.25) is 0 Å². The van der Waals surface area contributed by atoms with Gasteiger partial charge in [0.1, 0.15) is 11.5 Å². The van der Waals surface area contributed by atoms with Crippen molar-refractivity contribution in [3.05, 3.63) is 23.4 Å². The lowest BCUT2D eigenvalue weighted by atomic mass is 10.0. The molecule has 3 rings (SSSR count). The number of methoxy groups -OCH3 is 2. The highest BCUT2D eigenvalue weighted by Gasteiger charge is 2.20. The summed E-state index contributed by atoms with van der Waals surface area (Å²) in [6, 6.07) is 3.80. The van der Waals surface area contributed by atoms with E-state index in [0.29, 0.717) is 0 Å². The number of nitrogen functional groups attached to an aromatic ring is 1. The van der Waals surface area contributed by atoms with Crippen LogP contribution in [-0.4, -0.2) is 19.2 Å². The molecule has 5 heteroatoms. The summed E-state index contributed by atoms with van der Waals surface area (Å²) in [4.78, 5) is 4.85. The number of aromatic nitrogens is 1. The molecule has 1 aliphatic carbocycles. The monoisotopic (exact) mass is 287 g/mol. The normalized spacial score (nSPS) is 14.4. The number of hydrogen-bond acceptors (Lipinski definition) is 5. The topological polar surface area (TPSA) is 69.4 Å². The zero-order chi connectivity index (χ0) is 14.8. The number of anilines is 1. The third-order valence-electron chi connectivity index (χ3n) is 4.15. The molecule has 2 aromatic rings. The average Bonchev–Trinajstić information content (AvgIpc) is 2.76.